The number of carboxylic acids is 1. The molecule has 1 unspecified atom stereocenters. The Bertz CT molecular complexity index is 389. The lowest BCUT2D eigenvalue weighted by Crippen LogP contribution is -2.21. The number of aromatic hydroxyl groups is 2. The molecule has 0 heterocycles. The number of aryl methyl sites for hydroxylation is 1. The first-order chi connectivity index (χ1) is 6.97. The molecule has 0 aromatic heterocycles. The van der Waals surface area contributed by atoms with Gasteiger partial charge in [0.15, 0.2) is 0 Å². The molecule has 0 aliphatic rings. The van der Waals surface area contributed by atoms with E-state index in [4.69, 9.17) is 10.8 Å². The standard InChI is InChI=1S/C10H13NO4/c1-5-2-9(13)6(3-8(5)12)7(4-11)10(14)15/h2-3,7,12-13H,4,11H2,1H3,(H,14,15). The van der Waals surface area contributed by atoms with E-state index in [1.54, 1.807) is 6.92 Å². The van der Waals surface area contributed by atoms with Crippen LogP contribution >= 0.6 is 0 Å². The smallest absolute Gasteiger partial charge is 0.312 e. The first-order valence-electron chi connectivity index (χ1n) is 4.42. The molecule has 0 bridgehead atoms. The van der Waals surface area contributed by atoms with Gasteiger partial charge in [0.1, 0.15) is 11.5 Å². The summed E-state index contributed by atoms with van der Waals surface area (Å²) in [5, 5.41) is 27.8. The summed E-state index contributed by atoms with van der Waals surface area (Å²) in [5.41, 5.74) is 5.91. The van der Waals surface area contributed by atoms with Crippen LogP contribution in [0.5, 0.6) is 11.5 Å². The monoisotopic (exact) mass is 211 g/mol. The van der Waals surface area contributed by atoms with Crippen LogP contribution in [0.15, 0.2) is 12.1 Å². The van der Waals surface area contributed by atoms with Crippen molar-refractivity contribution in [2.45, 2.75) is 12.8 Å². The zero-order chi connectivity index (χ0) is 11.6. The van der Waals surface area contributed by atoms with Crippen LogP contribution in [0.25, 0.3) is 0 Å². The zero-order valence-corrected chi connectivity index (χ0v) is 8.27. The lowest BCUT2D eigenvalue weighted by molar-refractivity contribution is -0.138. The molecule has 5 N–H and O–H groups in total. The normalized spacial score (nSPS) is 12.4. The number of benzene rings is 1. The van der Waals surface area contributed by atoms with Crippen molar-refractivity contribution >= 4 is 5.97 Å². The largest absolute Gasteiger partial charge is 0.508 e. The number of hydrogen-bond donors (Lipinski definition) is 4. The third kappa shape index (κ3) is 2.19. The maximum absolute atomic E-state index is 10.8. The molecule has 5 nitrogen and oxygen atoms in total. The van der Waals surface area contributed by atoms with Crippen LogP contribution < -0.4 is 5.73 Å². The molecule has 0 saturated carbocycles. The molecule has 0 saturated heterocycles. The van der Waals surface area contributed by atoms with Crippen LogP contribution in [0.1, 0.15) is 17.0 Å². The highest BCUT2D eigenvalue weighted by Crippen LogP contribution is 2.31. The first kappa shape index (κ1) is 11.3. The minimum Gasteiger partial charge on any atom is -0.508 e. The van der Waals surface area contributed by atoms with Crippen LogP contribution in [0.3, 0.4) is 0 Å². The Morgan fingerprint density at radius 2 is 2.00 bits per heavy atom. The van der Waals surface area contributed by atoms with Crippen LogP contribution in [0.2, 0.25) is 0 Å². The van der Waals surface area contributed by atoms with Gasteiger partial charge in [0.25, 0.3) is 0 Å². The van der Waals surface area contributed by atoms with E-state index in [-0.39, 0.29) is 23.6 Å². The molecule has 1 aromatic carbocycles. The molecule has 0 spiro atoms. The number of carboxylic acid groups (broad SMARTS) is 1. The minimum absolute atomic E-state index is 0.0532. The van der Waals surface area contributed by atoms with E-state index < -0.39 is 11.9 Å². The summed E-state index contributed by atoms with van der Waals surface area (Å²) >= 11 is 0. The summed E-state index contributed by atoms with van der Waals surface area (Å²) in [5.74, 6) is -2.35. The van der Waals surface area contributed by atoms with Gasteiger partial charge in [-0.05, 0) is 24.6 Å². The SMILES string of the molecule is Cc1cc(O)c(C(CN)C(=O)O)cc1O. The van der Waals surface area contributed by atoms with Gasteiger partial charge in [0.05, 0.1) is 5.92 Å². The van der Waals surface area contributed by atoms with Gasteiger partial charge in [-0.15, -0.1) is 0 Å². The second-order valence-corrected chi connectivity index (χ2v) is 3.32. The fourth-order valence-electron chi connectivity index (χ4n) is 1.34. The van der Waals surface area contributed by atoms with E-state index in [0.29, 0.717) is 5.56 Å². The Morgan fingerprint density at radius 3 is 2.47 bits per heavy atom. The Balaban J connectivity index is 3.24. The Kier molecular flexibility index (Phi) is 3.16. The van der Waals surface area contributed by atoms with E-state index in [2.05, 4.69) is 0 Å². The molecular formula is C10H13NO4. The fraction of sp³-hybridized carbons (Fsp3) is 0.300. The first-order valence-corrected chi connectivity index (χ1v) is 4.42. The van der Waals surface area contributed by atoms with Gasteiger partial charge in [-0.2, -0.15) is 0 Å². The van der Waals surface area contributed by atoms with Gasteiger partial charge in [-0.3, -0.25) is 4.79 Å². The van der Waals surface area contributed by atoms with E-state index in [1.165, 1.54) is 12.1 Å². The summed E-state index contributed by atoms with van der Waals surface area (Å²) in [6.45, 7) is 1.47. The summed E-state index contributed by atoms with van der Waals surface area (Å²) < 4.78 is 0. The lowest BCUT2D eigenvalue weighted by atomic mass is 9.96. The predicted octanol–water partition coefficient (Wildman–Crippen LogP) is 0.533. The fourth-order valence-corrected chi connectivity index (χ4v) is 1.34. The number of nitrogens with two attached hydrogens (primary N) is 1. The Morgan fingerprint density at radius 1 is 1.40 bits per heavy atom. The number of rotatable bonds is 3. The van der Waals surface area contributed by atoms with Gasteiger partial charge < -0.3 is 21.1 Å². The van der Waals surface area contributed by atoms with Crippen LogP contribution in [0, 0.1) is 6.92 Å². The molecule has 0 radical (unpaired) electrons. The second kappa shape index (κ2) is 4.18. The second-order valence-electron chi connectivity index (χ2n) is 3.32. The van der Waals surface area contributed by atoms with Crippen molar-refractivity contribution in [2.75, 3.05) is 6.54 Å². The van der Waals surface area contributed by atoms with E-state index in [1.807, 2.05) is 0 Å². The highest BCUT2D eigenvalue weighted by Gasteiger charge is 2.22. The molecule has 82 valence electrons. The number of carbonyl (C=O) groups is 1. The zero-order valence-electron chi connectivity index (χ0n) is 8.27. The summed E-state index contributed by atoms with van der Waals surface area (Å²) in [4.78, 5) is 10.8. The molecule has 1 aromatic rings. The van der Waals surface area contributed by atoms with Crippen LogP contribution in [-0.2, 0) is 4.79 Å². The molecular weight excluding hydrogens is 198 g/mol. The van der Waals surface area contributed by atoms with E-state index in [0.717, 1.165) is 0 Å². The van der Waals surface area contributed by atoms with E-state index >= 15 is 0 Å². The highest BCUT2D eigenvalue weighted by atomic mass is 16.4. The Hall–Kier alpha value is -1.75. The average Bonchev–Trinajstić information content (AvgIpc) is 2.14. The predicted molar refractivity (Wildman–Crippen MR) is 53.9 cm³/mol. The van der Waals surface area contributed by atoms with Gasteiger partial charge in [0.2, 0.25) is 0 Å². The highest BCUT2D eigenvalue weighted by molar-refractivity contribution is 5.78. The van der Waals surface area contributed by atoms with Crippen molar-refractivity contribution < 1.29 is 20.1 Å². The number of phenolic OH excluding ortho intramolecular Hbond substituents is 2. The summed E-state index contributed by atoms with van der Waals surface area (Å²) in [7, 11) is 0. The van der Waals surface area contributed by atoms with Crippen molar-refractivity contribution in [1.29, 1.82) is 0 Å². The number of phenols is 2. The van der Waals surface area contributed by atoms with Gasteiger partial charge >= 0.3 is 5.97 Å². The molecule has 0 fully saturated rings. The minimum atomic E-state index is -1.13. The third-order valence-electron chi connectivity index (χ3n) is 2.25. The maximum Gasteiger partial charge on any atom is 0.312 e. The van der Waals surface area contributed by atoms with Gasteiger partial charge in [-0.25, -0.2) is 0 Å². The molecule has 0 amide bonds. The van der Waals surface area contributed by atoms with E-state index in [9.17, 15) is 15.0 Å². The molecule has 1 atom stereocenters. The van der Waals surface area contributed by atoms with Crippen molar-refractivity contribution in [3.8, 4) is 11.5 Å². The summed E-state index contributed by atoms with van der Waals surface area (Å²) in [6, 6.07) is 2.55. The maximum atomic E-state index is 10.8. The summed E-state index contributed by atoms with van der Waals surface area (Å²) in [6.07, 6.45) is 0. The third-order valence-corrected chi connectivity index (χ3v) is 2.25. The number of aliphatic carboxylic acids is 1. The van der Waals surface area contributed by atoms with Crippen LogP contribution in [-0.4, -0.2) is 27.8 Å². The average molecular weight is 211 g/mol. The lowest BCUT2D eigenvalue weighted by Gasteiger charge is -2.13. The Labute approximate surface area is 86.8 Å². The quantitative estimate of drug-likeness (QED) is 0.546. The topological polar surface area (TPSA) is 104 Å². The van der Waals surface area contributed by atoms with Gasteiger partial charge in [-0.1, -0.05) is 0 Å². The molecule has 1 rings (SSSR count). The van der Waals surface area contributed by atoms with Crippen molar-refractivity contribution in [3.05, 3.63) is 23.3 Å². The number of hydrogen-bond acceptors (Lipinski definition) is 4. The molecule has 5 heteroatoms. The van der Waals surface area contributed by atoms with Crippen molar-refractivity contribution in [1.82, 2.24) is 0 Å². The van der Waals surface area contributed by atoms with Gasteiger partial charge in [0, 0.05) is 12.1 Å². The molecule has 0 aliphatic heterocycles. The van der Waals surface area contributed by atoms with Crippen LogP contribution in [0.4, 0.5) is 0 Å². The van der Waals surface area contributed by atoms with Crippen molar-refractivity contribution in [3.63, 3.8) is 0 Å². The van der Waals surface area contributed by atoms with Crippen molar-refractivity contribution in [2.24, 2.45) is 5.73 Å². The molecule has 15 heavy (non-hydrogen) atoms. The molecule has 0 aliphatic carbocycles.